The second-order valence-electron chi connectivity index (χ2n) is 5.93. The van der Waals surface area contributed by atoms with Gasteiger partial charge < -0.3 is 0 Å². The lowest BCUT2D eigenvalue weighted by atomic mass is 9.83. The minimum atomic E-state index is -0.0285. The van der Waals surface area contributed by atoms with Crippen molar-refractivity contribution in [3.63, 3.8) is 0 Å². The van der Waals surface area contributed by atoms with Crippen molar-refractivity contribution in [3.05, 3.63) is 0 Å². The van der Waals surface area contributed by atoms with Crippen molar-refractivity contribution in [2.24, 2.45) is 10.8 Å². The van der Waals surface area contributed by atoms with E-state index in [1.54, 1.807) is 0 Å². The molecular weight excluding hydrogens is 228 g/mol. The minimum Gasteiger partial charge on any atom is -0.298 e. The zero-order valence-corrected chi connectivity index (χ0v) is 11.2. The summed E-state index contributed by atoms with van der Waals surface area (Å²) < 4.78 is 0. The monoisotopic (exact) mass is 248 g/mol. The molecule has 0 aliphatic rings. The fourth-order valence-corrected chi connectivity index (χ4v) is 1.26. The molecule has 0 radical (unpaired) electrons. The Bertz CT molecular complexity index is 183. The average Bonchev–Trinajstić information content (AvgIpc) is 1.79. The van der Waals surface area contributed by atoms with Crippen molar-refractivity contribution in [2.75, 3.05) is 0 Å². The van der Waals surface area contributed by atoms with E-state index in [0.29, 0.717) is 12.2 Å². The summed E-state index contributed by atoms with van der Waals surface area (Å²) in [6, 6.07) is 0. The topological polar surface area (TPSA) is 17.1 Å². The fourth-order valence-electron chi connectivity index (χ4n) is 1.10. The predicted octanol–water partition coefficient (Wildman–Crippen LogP) is 3.80. The highest BCUT2D eigenvalue weighted by Gasteiger charge is 2.30. The average molecular weight is 249 g/mol. The van der Waals surface area contributed by atoms with Gasteiger partial charge in [-0.05, 0) is 10.8 Å². The molecule has 0 aromatic carbocycles. The lowest BCUT2D eigenvalue weighted by Crippen LogP contribution is -2.31. The van der Waals surface area contributed by atoms with Crippen molar-refractivity contribution in [1.29, 1.82) is 0 Å². The molecule has 0 heterocycles. The number of carbonyl (C=O) groups is 1. The van der Waals surface area contributed by atoms with Gasteiger partial charge in [0, 0.05) is 6.42 Å². The van der Waals surface area contributed by atoms with Crippen LogP contribution in [-0.2, 0) is 4.79 Å². The highest BCUT2D eigenvalue weighted by Crippen LogP contribution is 2.30. The third kappa shape index (κ3) is 5.45. The summed E-state index contributed by atoms with van der Waals surface area (Å²) in [6.07, 6.45) is 0.639. The SMILES string of the molecule is CC(C)(C)CC(=O)C(Br)C(C)(C)C. The molecule has 0 spiro atoms. The largest absolute Gasteiger partial charge is 0.298 e. The first kappa shape index (κ1) is 13.2. The van der Waals surface area contributed by atoms with Gasteiger partial charge in [0.05, 0.1) is 4.83 Å². The van der Waals surface area contributed by atoms with Gasteiger partial charge in [-0.3, -0.25) is 4.79 Å². The van der Waals surface area contributed by atoms with Crippen LogP contribution in [0.4, 0.5) is 0 Å². The third-order valence-corrected chi connectivity index (χ3v) is 3.63. The van der Waals surface area contributed by atoms with E-state index in [-0.39, 0.29) is 15.7 Å². The molecule has 0 saturated heterocycles. The maximum atomic E-state index is 11.8. The molecule has 13 heavy (non-hydrogen) atoms. The Morgan fingerprint density at radius 1 is 1.15 bits per heavy atom. The summed E-state index contributed by atoms with van der Waals surface area (Å²) >= 11 is 3.47. The Morgan fingerprint density at radius 2 is 1.54 bits per heavy atom. The normalized spacial score (nSPS) is 15.6. The molecule has 0 fully saturated rings. The molecule has 0 aliphatic carbocycles. The number of halogens is 1. The molecule has 1 unspecified atom stereocenters. The number of carbonyl (C=O) groups excluding carboxylic acids is 1. The van der Waals surface area contributed by atoms with E-state index in [4.69, 9.17) is 0 Å². The summed E-state index contributed by atoms with van der Waals surface area (Å²) in [6.45, 7) is 12.5. The van der Waals surface area contributed by atoms with Crippen LogP contribution >= 0.6 is 15.9 Å². The van der Waals surface area contributed by atoms with Gasteiger partial charge in [0.15, 0.2) is 0 Å². The zero-order valence-electron chi connectivity index (χ0n) is 9.57. The second-order valence-corrected chi connectivity index (χ2v) is 6.85. The van der Waals surface area contributed by atoms with Crippen LogP contribution in [0, 0.1) is 10.8 Å². The Balaban J connectivity index is 4.30. The number of hydrogen-bond donors (Lipinski definition) is 0. The lowest BCUT2D eigenvalue weighted by Gasteiger charge is -2.27. The number of alkyl halides is 1. The van der Waals surface area contributed by atoms with Gasteiger partial charge in [0.2, 0.25) is 0 Å². The van der Waals surface area contributed by atoms with Crippen molar-refractivity contribution in [1.82, 2.24) is 0 Å². The molecule has 2 heteroatoms. The summed E-state index contributed by atoms with van der Waals surface area (Å²) in [5.74, 6) is 0.306. The number of ketones is 1. The number of rotatable bonds is 2. The molecule has 78 valence electrons. The molecule has 0 aliphatic heterocycles. The summed E-state index contributed by atoms with van der Waals surface area (Å²) in [5, 5.41) is 0. The van der Waals surface area contributed by atoms with E-state index >= 15 is 0 Å². The maximum Gasteiger partial charge on any atom is 0.147 e. The molecule has 0 amide bonds. The third-order valence-electron chi connectivity index (χ3n) is 1.75. The van der Waals surface area contributed by atoms with Crippen LogP contribution in [0.3, 0.4) is 0 Å². The van der Waals surface area contributed by atoms with Crippen LogP contribution in [0.25, 0.3) is 0 Å². The Labute approximate surface area is 90.4 Å². The molecule has 1 nitrogen and oxygen atoms in total. The van der Waals surface area contributed by atoms with Crippen LogP contribution in [0.5, 0.6) is 0 Å². The molecular formula is C11H21BrO. The van der Waals surface area contributed by atoms with E-state index in [0.717, 1.165) is 0 Å². The summed E-state index contributed by atoms with van der Waals surface area (Å²) in [7, 11) is 0. The standard InChI is InChI=1S/C11H21BrO/c1-10(2,3)7-8(13)9(12)11(4,5)6/h9H,7H2,1-6H3. The molecule has 0 bridgehead atoms. The lowest BCUT2D eigenvalue weighted by molar-refractivity contribution is -0.121. The summed E-state index contributed by atoms with van der Waals surface area (Å²) in [4.78, 5) is 11.7. The van der Waals surface area contributed by atoms with Gasteiger partial charge in [-0.15, -0.1) is 0 Å². The van der Waals surface area contributed by atoms with Crippen LogP contribution in [-0.4, -0.2) is 10.6 Å². The van der Waals surface area contributed by atoms with Crippen LogP contribution in [0.1, 0.15) is 48.0 Å². The molecule has 0 aromatic rings. The summed E-state index contributed by atoms with van der Waals surface area (Å²) in [5.41, 5.74) is 0.108. The molecule has 0 N–H and O–H groups in total. The second kappa shape index (κ2) is 4.12. The highest BCUT2D eigenvalue weighted by atomic mass is 79.9. The van der Waals surface area contributed by atoms with Gasteiger partial charge in [0.25, 0.3) is 0 Å². The fraction of sp³-hybridized carbons (Fsp3) is 0.909. The first-order valence-electron chi connectivity index (χ1n) is 4.71. The first-order valence-corrected chi connectivity index (χ1v) is 5.62. The molecule has 0 aromatic heterocycles. The highest BCUT2D eigenvalue weighted by molar-refractivity contribution is 9.10. The molecule has 0 rings (SSSR count). The van der Waals surface area contributed by atoms with Gasteiger partial charge >= 0.3 is 0 Å². The van der Waals surface area contributed by atoms with Crippen LogP contribution < -0.4 is 0 Å². The Kier molecular flexibility index (Phi) is 4.17. The van der Waals surface area contributed by atoms with E-state index in [2.05, 4.69) is 57.5 Å². The van der Waals surface area contributed by atoms with Gasteiger partial charge in [-0.1, -0.05) is 57.5 Å². The van der Waals surface area contributed by atoms with E-state index in [9.17, 15) is 4.79 Å². The van der Waals surface area contributed by atoms with E-state index in [1.807, 2.05) is 0 Å². The maximum absolute atomic E-state index is 11.8. The number of hydrogen-bond acceptors (Lipinski definition) is 1. The first-order chi connectivity index (χ1) is 5.54. The van der Waals surface area contributed by atoms with Gasteiger partial charge in [0.1, 0.15) is 5.78 Å². The molecule has 0 saturated carbocycles. The minimum absolute atomic E-state index is 0.0162. The van der Waals surface area contributed by atoms with Gasteiger partial charge in [-0.2, -0.15) is 0 Å². The zero-order chi connectivity index (χ0) is 10.9. The Hall–Kier alpha value is 0.150. The number of Topliss-reactive ketones (excluding diaryl/α,β-unsaturated/α-hetero) is 1. The van der Waals surface area contributed by atoms with E-state index < -0.39 is 0 Å². The predicted molar refractivity (Wildman–Crippen MR) is 61.2 cm³/mol. The van der Waals surface area contributed by atoms with Crippen molar-refractivity contribution in [3.8, 4) is 0 Å². The van der Waals surface area contributed by atoms with Crippen LogP contribution in [0.2, 0.25) is 0 Å². The van der Waals surface area contributed by atoms with Crippen molar-refractivity contribution in [2.45, 2.75) is 52.8 Å². The quantitative estimate of drug-likeness (QED) is 0.680. The van der Waals surface area contributed by atoms with Crippen LogP contribution in [0.15, 0.2) is 0 Å². The van der Waals surface area contributed by atoms with Crippen molar-refractivity contribution >= 4 is 21.7 Å². The Morgan fingerprint density at radius 3 is 1.77 bits per heavy atom. The van der Waals surface area contributed by atoms with Gasteiger partial charge in [-0.25, -0.2) is 0 Å². The van der Waals surface area contributed by atoms with Crippen molar-refractivity contribution < 1.29 is 4.79 Å². The van der Waals surface area contributed by atoms with E-state index in [1.165, 1.54) is 0 Å². The smallest absolute Gasteiger partial charge is 0.147 e. The molecule has 1 atom stereocenters.